The first-order chi connectivity index (χ1) is 15.5. The highest BCUT2D eigenvalue weighted by atomic mass is 31.2. The number of nitrogens with zero attached hydrogens (tertiary/aromatic N) is 3. The quantitative estimate of drug-likeness (QED) is 0.160. The van der Waals surface area contributed by atoms with E-state index in [1.165, 1.54) is 13.8 Å². The fraction of sp³-hybridized carbons (Fsp3) is 0.474. The molecule has 180 valence electrons. The van der Waals surface area contributed by atoms with Gasteiger partial charge in [-0.2, -0.15) is 5.21 Å². The number of aromatic nitrogens is 4. The number of nitrogens with two attached hydrogens (primary N) is 1. The third-order valence-electron chi connectivity index (χ3n) is 5.04. The molecule has 1 heterocycles. The number of quaternary nitrogens is 1. The molecule has 1 aromatic heterocycles. The second-order valence-electron chi connectivity index (χ2n) is 7.95. The fourth-order valence-corrected chi connectivity index (χ4v) is 5.11. The van der Waals surface area contributed by atoms with Gasteiger partial charge in [0.25, 0.3) is 13.6 Å². The second kappa shape index (κ2) is 11.8. The maximum absolute atomic E-state index is 12.8. The summed E-state index contributed by atoms with van der Waals surface area (Å²) in [5.41, 5.74) is 9.74. The van der Waals surface area contributed by atoms with Crippen molar-refractivity contribution >= 4 is 25.4 Å². The summed E-state index contributed by atoms with van der Waals surface area (Å²) in [7, 11) is -3.85. The molecule has 0 fully saturated rings. The number of carbonyl (C=O) groups excluding carboxylic acids is 3. The zero-order valence-electron chi connectivity index (χ0n) is 18.5. The summed E-state index contributed by atoms with van der Waals surface area (Å²) in [6.07, 6.45) is -0.0600. The summed E-state index contributed by atoms with van der Waals surface area (Å²) in [4.78, 5) is 58.4. The van der Waals surface area contributed by atoms with Gasteiger partial charge in [-0.05, 0) is 19.4 Å². The van der Waals surface area contributed by atoms with Gasteiger partial charge in [-0.15, -0.1) is 10.2 Å². The van der Waals surface area contributed by atoms with Crippen molar-refractivity contribution < 1.29 is 29.9 Å². The smallest absolute Gasteiger partial charge is 0.291 e. The summed E-state index contributed by atoms with van der Waals surface area (Å²) >= 11 is 0. The first-order valence-corrected chi connectivity index (χ1v) is 12.3. The van der Waals surface area contributed by atoms with Crippen molar-refractivity contribution in [3.8, 4) is 0 Å². The summed E-state index contributed by atoms with van der Waals surface area (Å²) in [5.74, 6) is -3.38. The molecule has 2 aromatic rings. The third kappa shape index (κ3) is 8.13. The zero-order valence-corrected chi connectivity index (χ0v) is 19.4. The van der Waals surface area contributed by atoms with Gasteiger partial charge in [0.2, 0.25) is 11.8 Å². The van der Waals surface area contributed by atoms with E-state index in [1.54, 1.807) is 24.3 Å². The summed E-state index contributed by atoms with van der Waals surface area (Å²) < 4.78 is 0. The molecule has 33 heavy (non-hydrogen) atoms. The number of tetrazole rings is 1. The summed E-state index contributed by atoms with van der Waals surface area (Å²) in [6, 6.07) is 7.30. The maximum atomic E-state index is 12.8. The molecular formula is C19H31N8O5P+2. The van der Waals surface area contributed by atoms with Gasteiger partial charge in [-0.25, -0.2) is 9.79 Å². The Labute approximate surface area is 191 Å². The van der Waals surface area contributed by atoms with Gasteiger partial charge in [0.1, 0.15) is 12.2 Å². The molecule has 0 aliphatic heterocycles. The van der Waals surface area contributed by atoms with E-state index in [2.05, 4.69) is 37.0 Å². The number of rotatable bonds is 12. The van der Waals surface area contributed by atoms with Gasteiger partial charge in [-0.3, -0.25) is 14.4 Å². The van der Waals surface area contributed by atoms with E-state index in [9.17, 15) is 24.2 Å². The van der Waals surface area contributed by atoms with Gasteiger partial charge >= 0.3 is 0 Å². The van der Waals surface area contributed by atoms with Gasteiger partial charge in [0, 0.05) is 6.42 Å². The van der Waals surface area contributed by atoms with E-state index in [0.29, 0.717) is 5.82 Å². The van der Waals surface area contributed by atoms with Gasteiger partial charge in [0.05, 0.1) is 12.3 Å². The van der Waals surface area contributed by atoms with Crippen molar-refractivity contribution in [2.45, 2.75) is 44.6 Å². The van der Waals surface area contributed by atoms with Crippen LogP contribution < -0.4 is 22.1 Å². The molecule has 3 amide bonds. The number of aromatic amines is 1. The third-order valence-corrected chi connectivity index (χ3v) is 7.44. The van der Waals surface area contributed by atoms with Crippen LogP contribution in [0.2, 0.25) is 0 Å². The number of carbonyl (C=O) groups is 3. The molecule has 2 rings (SSSR count). The molecule has 0 aliphatic carbocycles. The van der Waals surface area contributed by atoms with Crippen LogP contribution in [-0.2, 0) is 27.2 Å². The first kappa shape index (κ1) is 26.3. The molecule has 1 aromatic carbocycles. The molecule has 14 heteroatoms. The van der Waals surface area contributed by atoms with Crippen molar-refractivity contribution in [2.75, 3.05) is 6.16 Å². The van der Waals surface area contributed by atoms with Crippen LogP contribution in [0.15, 0.2) is 30.3 Å². The minimum absolute atomic E-state index is 0.104. The molecular weight excluding hydrogens is 451 g/mol. The molecule has 0 unspecified atom stereocenters. The number of primary amides is 1. The zero-order chi connectivity index (χ0) is 24.6. The van der Waals surface area contributed by atoms with Crippen LogP contribution >= 0.6 is 7.72 Å². The highest BCUT2D eigenvalue weighted by Crippen LogP contribution is 2.56. The van der Waals surface area contributed by atoms with E-state index < -0.39 is 49.2 Å². The minimum Gasteiger partial charge on any atom is -0.368 e. The average molecular weight is 482 g/mol. The number of H-pyrrole nitrogens is 1. The SMILES string of the molecule is C[C@H](C[P+](O)(O)[C@H](Cc1ccccc1)NC(=O)[C@H]([NH3+])Cc1nn[nH]n1)C(=O)N[C@@H](C)C(N)=O. The Morgan fingerprint density at radius 3 is 2.36 bits per heavy atom. The van der Waals surface area contributed by atoms with Gasteiger partial charge in [-0.1, -0.05) is 35.5 Å². The lowest BCUT2D eigenvalue weighted by molar-refractivity contribution is -0.403. The average Bonchev–Trinajstić information content (AvgIpc) is 3.26. The van der Waals surface area contributed by atoms with Crippen LogP contribution in [0.4, 0.5) is 0 Å². The Morgan fingerprint density at radius 2 is 1.79 bits per heavy atom. The number of hydrogen-bond acceptors (Lipinski definition) is 8. The standard InChI is InChI=1S/C19H29N8O5P/c1-11(18(29)22-12(2)17(21)28)10-33(31,32)16(8-13-6-4-3-5-7-13)23-19(30)14(20)9-15-24-26-27-25-15/h3-7,11-12,14,16,31-32H,8-10,20H2,1-2H3,(H4-,21,22,23,24,25,26,27,28,29,30)/p+2/t11-,12+,14-,16-/m1/s1. The Hall–Kier alpha value is -2.99. The lowest BCUT2D eigenvalue weighted by Gasteiger charge is -2.26. The molecule has 10 N–H and O–H groups in total. The lowest BCUT2D eigenvalue weighted by atomic mass is 10.1. The molecule has 0 saturated heterocycles. The van der Waals surface area contributed by atoms with Crippen molar-refractivity contribution in [1.82, 2.24) is 31.3 Å². The van der Waals surface area contributed by atoms with Crippen molar-refractivity contribution in [2.24, 2.45) is 11.7 Å². The van der Waals surface area contributed by atoms with Crippen molar-refractivity contribution in [3.05, 3.63) is 41.7 Å². The van der Waals surface area contributed by atoms with E-state index in [0.717, 1.165) is 5.56 Å². The molecule has 0 radical (unpaired) electrons. The van der Waals surface area contributed by atoms with Gasteiger partial charge < -0.3 is 22.1 Å². The van der Waals surface area contributed by atoms with Gasteiger partial charge in [0.15, 0.2) is 17.6 Å². The minimum atomic E-state index is -3.85. The maximum Gasteiger partial charge on any atom is 0.291 e. The molecule has 0 saturated carbocycles. The Bertz CT molecular complexity index is 928. The Kier molecular flexibility index (Phi) is 9.35. The van der Waals surface area contributed by atoms with Crippen LogP contribution in [0, 0.1) is 5.92 Å². The van der Waals surface area contributed by atoms with Crippen LogP contribution in [0.3, 0.4) is 0 Å². The second-order valence-corrected chi connectivity index (χ2v) is 10.5. The van der Waals surface area contributed by atoms with Crippen LogP contribution in [0.5, 0.6) is 0 Å². The first-order valence-electron chi connectivity index (χ1n) is 10.3. The molecule has 4 atom stereocenters. The largest absolute Gasteiger partial charge is 0.368 e. The number of benzene rings is 1. The fourth-order valence-electron chi connectivity index (χ4n) is 3.04. The highest BCUT2D eigenvalue weighted by molar-refractivity contribution is 7.65. The Morgan fingerprint density at radius 1 is 1.12 bits per heavy atom. The predicted molar refractivity (Wildman–Crippen MR) is 119 cm³/mol. The lowest BCUT2D eigenvalue weighted by Crippen LogP contribution is -2.69. The van der Waals surface area contributed by atoms with E-state index >= 15 is 0 Å². The van der Waals surface area contributed by atoms with Crippen molar-refractivity contribution in [3.63, 3.8) is 0 Å². The van der Waals surface area contributed by atoms with E-state index in [4.69, 9.17) is 5.73 Å². The molecule has 0 bridgehead atoms. The predicted octanol–water partition coefficient (Wildman–Crippen LogP) is -2.50. The van der Waals surface area contributed by atoms with E-state index in [-0.39, 0.29) is 19.0 Å². The van der Waals surface area contributed by atoms with Crippen LogP contribution in [0.1, 0.15) is 25.2 Å². The van der Waals surface area contributed by atoms with Crippen LogP contribution in [0.25, 0.3) is 0 Å². The molecule has 0 spiro atoms. The molecule has 0 aliphatic rings. The van der Waals surface area contributed by atoms with E-state index in [1.807, 2.05) is 6.07 Å². The summed E-state index contributed by atoms with van der Waals surface area (Å²) in [5, 5.41) is 18.4. The monoisotopic (exact) mass is 482 g/mol. The van der Waals surface area contributed by atoms with Crippen molar-refractivity contribution in [1.29, 1.82) is 0 Å². The number of nitrogens with one attached hydrogen (secondary N) is 3. The number of amides is 3. The molecule has 13 nitrogen and oxygen atoms in total. The normalized spacial score (nSPS) is 15.2. The summed E-state index contributed by atoms with van der Waals surface area (Å²) in [6.45, 7) is 2.94. The Balaban J connectivity index is 2.14. The highest BCUT2D eigenvalue weighted by Gasteiger charge is 2.48. The number of hydrogen-bond donors (Lipinski definition) is 7. The topological polar surface area (TPSA) is 224 Å². The van der Waals surface area contributed by atoms with Crippen LogP contribution in [-0.4, -0.2) is 72.2 Å².